The van der Waals surface area contributed by atoms with E-state index in [0.717, 1.165) is 47.6 Å². The van der Waals surface area contributed by atoms with Gasteiger partial charge in [-0.05, 0) is 85.4 Å². The van der Waals surface area contributed by atoms with Gasteiger partial charge in [-0.2, -0.15) is 4.98 Å². The first-order valence-electron chi connectivity index (χ1n) is 17.7. The third-order valence-corrected chi connectivity index (χ3v) is 11.0. The molecule has 4 bridgehead atoms. The first-order chi connectivity index (χ1) is 24.0. The number of amides is 1. The maximum absolute atomic E-state index is 14.6. The van der Waals surface area contributed by atoms with Crippen LogP contribution in [-0.2, 0) is 16.6 Å². The number of carbonyl (C=O) groups is 1. The zero-order valence-corrected chi connectivity index (χ0v) is 31.8. The van der Waals surface area contributed by atoms with E-state index in [1.165, 1.54) is 12.1 Å². The van der Waals surface area contributed by atoms with Crippen molar-refractivity contribution in [1.82, 2.24) is 19.9 Å². The molecule has 11 heteroatoms. The lowest BCUT2D eigenvalue weighted by molar-refractivity contribution is 0.0509. The van der Waals surface area contributed by atoms with Crippen LogP contribution >= 0.6 is 0 Å². The Morgan fingerprint density at radius 3 is 2.31 bits per heavy atom. The number of anilines is 2. The molecule has 0 unspecified atom stereocenters. The molecule has 0 radical (unpaired) electrons. The average molecular weight is 711 g/mol. The molecular weight excluding hydrogens is 661 g/mol. The van der Waals surface area contributed by atoms with Crippen LogP contribution in [0.2, 0.25) is 0 Å². The van der Waals surface area contributed by atoms with Gasteiger partial charge in [0.2, 0.25) is 11.8 Å². The average Bonchev–Trinajstić information content (AvgIpc) is 3.56. The molecule has 2 aliphatic rings. The monoisotopic (exact) mass is 710 g/mol. The van der Waals surface area contributed by atoms with Gasteiger partial charge in [0.05, 0.1) is 28.9 Å². The van der Waals surface area contributed by atoms with E-state index < -0.39 is 16.1 Å². The number of pyridine rings is 1. The van der Waals surface area contributed by atoms with Crippen molar-refractivity contribution in [3.8, 4) is 17.1 Å². The molecule has 2 atom stereocenters. The number of fused-ring (bicyclic) bond motifs is 4. The second-order valence-corrected chi connectivity index (χ2v) is 17.9. The SMILES string of the molecule is Cc1cccc(C)c1-c1cc2nc(n1)NS(=O)(=O)c1cccc(c1)C(=O)N(Cc1cccc(N3CCC[C@@H]3C(C)(C)C)n1)[C@H](CC(C)(C)C)CO2. The molecule has 1 fully saturated rings. The van der Waals surface area contributed by atoms with Crippen LogP contribution in [0.5, 0.6) is 5.88 Å². The highest BCUT2D eigenvalue weighted by Crippen LogP contribution is 2.36. The van der Waals surface area contributed by atoms with Crippen molar-refractivity contribution in [2.45, 2.75) is 98.2 Å². The smallest absolute Gasteiger partial charge is 0.264 e. The number of sulfonamides is 1. The minimum Gasteiger partial charge on any atom is -0.475 e. The summed E-state index contributed by atoms with van der Waals surface area (Å²) >= 11 is 0. The van der Waals surface area contributed by atoms with E-state index in [9.17, 15) is 13.2 Å². The second-order valence-electron chi connectivity index (χ2n) is 16.2. The van der Waals surface area contributed by atoms with Crippen LogP contribution in [0, 0.1) is 24.7 Å². The maximum atomic E-state index is 14.6. The lowest BCUT2D eigenvalue weighted by Gasteiger charge is -2.37. The highest BCUT2D eigenvalue weighted by atomic mass is 32.2. The summed E-state index contributed by atoms with van der Waals surface area (Å²) in [5.74, 6) is 0.694. The number of hydrogen-bond donors (Lipinski definition) is 1. The normalized spacial score (nSPS) is 19.4. The number of aryl methyl sites for hydroxylation is 2. The van der Waals surface area contributed by atoms with Crippen molar-refractivity contribution in [2.75, 3.05) is 22.8 Å². The van der Waals surface area contributed by atoms with Gasteiger partial charge in [-0.25, -0.2) is 23.1 Å². The lowest BCUT2D eigenvalue weighted by atomic mass is 9.85. The van der Waals surface area contributed by atoms with Crippen molar-refractivity contribution in [3.05, 3.63) is 89.1 Å². The van der Waals surface area contributed by atoms with Crippen LogP contribution in [0.1, 0.15) is 88.0 Å². The number of aromatic nitrogens is 3. The van der Waals surface area contributed by atoms with E-state index in [1.54, 1.807) is 23.1 Å². The molecule has 1 saturated heterocycles. The molecule has 6 rings (SSSR count). The zero-order valence-electron chi connectivity index (χ0n) is 31.0. The first kappa shape index (κ1) is 36.3. The Morgan fingerprint density at radius 1 is 0.902 bits per heavy atom. The molecule has 2 aliphatic heterocycles. The summed E-state index contributed by atoms with van der Waals surface area (Å²) < 4.78 is 36.5. The number of rotatable bonds is 5. The van der Waals surface area contributed by atoms with Gasteiger partial charge in [0.1, 0.15) is 12.4 Å². The van der Waals surface area contributed by atoms with Crippen LogP contribution in [0.4, 0.5) is 11.8 Å². The minimum absolute atomic E-state index is 0.0640. The van der Waals surface area contributed by atoms with E-state index in [2.05, 4.69) is 61.1 Å². The summed E-state index contributed by atoms with van der Waals surface area (Å²) in [6.45, 7) is 18.4. The lowest BCUT2D eigenvalue weighted by Crippen LogP contribution is -2.45. The summed E-state index contributed by atoms with van der Waals surface area (Å²) in [7, 11) is -4.17. The Morgan fingerprint density at radius 2 is 1.61 bits per heavy atom. The number of ether oxygens (including phenoxy) is 1. The van der Waals surface area contributed by atoms with Crippen molar-refractivity contribution < 1.29 is 17.9 Å². The van der Waals surface area contributed by atoms with Crippen molar-refractivity contribution in [2.24, 2.45) is 10.8 Å². The zero-order chi connectivity index (χ0) is 36.7. The predicted molar refractivity (Wildman–Crippen MR) is 201 cm³/mol. The van der Waals surface area contributed by atoms with Crippen LogP contribution in [0.15, 0.2) is 71.6 Å². The van der Waals surface area contributed by atoms with Gasteiger partial charge in [-0.3, -0.25) is 4.79 Å². The van der Waals surface area contributed by atoms with Gasteiger partial charge in [0, 0.05) is 29.8 Å². The fraction of sp³-hybridized carbons (Fsp3) is 0.450. The third kappa shape index (κ3) is 8.19. The molecule has 4 heterocycles. The number of nitrogens with one attached hydrogen (secondary N) is 1. The topological polar surface area (TPSA) is 118 Å². The highest BCUT2D eigenvalue weighted by molar-refractivity contribution is 7.92. The molecular formula is C40H50N6O4S. The summed E-state index contributed by atoms with van der Waals surface area (Å²) in [6, 6.07) is 19.8. The van der Waals surface area contributed by atoms with Gasteiger partial charge in [0.15, 0.2) is 0 Å². The number of hydrogen-bond acceptors (Lipinski definition) is 8. The van der Waals surface area contributed by atoms with Gasteiger partial charge in [-0.1, -0.05) is 71.9 Å². The van der Waals surface area contributed by atoms with E-state index in [-0.39, 0.29) is 52.2 Å². The maximum Gasteiger partial charge on any atom is 0.264 e. The molecule has 0 spiro atoms. The molecule has 0 aliphatic carbocycles. The minimum atomic E-state index is -4.17. The van der Waals surface area contributed by atoms with Crippen molar-refractivity contribution >= 4 is 27.7 Å². The summed E-state index contributed by atoms with van der Waals surface area (Å²) in [5, 5.41) is 0. The van der Waals surface area contributed by atoms with E-state index in [4.69, 9.17) is 9.72 Å². The Balaban J connectivity index is 1.46. The number of carbonyl (C=O) groups excluding carboxylic acids is 1. The molecule has 2 aromatic carbocycles. The molecule has 1 N–H and O–H groups in total. The predicted octanol–water partition coefficient (Wildman–Crippen LogP) is 7.81. The van der Waals surface area contributed by atoms with Gasteiger partial charge >= 0.3 is 0 Å². The molecule has 0 saturated carbocycles. The van der Waals surface area contributed by atoms with Crippen molar-refractivity contribution in [3.63, 3.8) is 0 Å². The van der Waals surface area contributed by atoms with Crippen LogP contribution in [-0.4, -0.2) is 59.4 Å². The van der Waals surface area contributed by atoms with Gasteiger partial charge in [-0.15, -0.1) is 0 Å². The standard InChI is InChI=1S/C40H50N6O4S/c1-26-13-9-14-27(2)36(26)32-22-35-43-38(42-32)44-51(48,49)31-17-10-15-28(21-31)37(47)46(30(25-50-35)23-39(3,4)5)24-29-16-11-19-34(41-29)45-20-12-18-33(45)40(6,7)8/h9-11,13-17,19,21-22,30,33H,12,18,20,23-25H2,1-8H3,(H,42,43,44)/t30-,33-/m1/s1. The Bertz CT molecular complexity index is 2020. The molecule has 51 heavy (non-hydrogen) atoms. The number of benzene rings is 2. The Labute approximate surface area is 302 Å². The van der Waals surface area contributed by atoms with E-state index in [1.807, 2.05) is 50.2 Å². The molecule has 4 aromatic rings. The van der Waals surface area contributed by atoms with Crippen LogP contribution in [0.3, 0.4) is 0 Å². The fourth-order valence-electron chi connectivity index (χ4n) is 7.38. The highest BCUT2D eigenvalue weighted by Gasteiger charge is 2.36. The second kappa shape index (κ2) is 13.9. The Hall–Kier alpha value is -4.51. The van der Waals surface area contributed by atoms with Crippen LogP contribution in [0.25, 0.3) is 11.3 Å². The Kier molecular flexibility index (Phi) is 9.89. The molecule has 270 valence electrons. The third-order valence-electron chi connectivity index (χ3n) is 9.70. The van der Waals surface area contributed by atoms with Gasteiger partial charge < -0.3 is 14.5 Å². The van der Waals surface area contributed by atoms with Gasteiger partial charge in [0.25, 0.3) is 15.9 Å². The number of nitrogens with zero attached hydrogens (tertiary/aromatic N) is 5. The summed E-state index contributed by atoms with van der Waals surface area (Å²) in [6.07, 6.45) is 2.82. The molecule has 10 nitrogen and oxygen atoms in total. The van der Waals surface area contributed by atoms with E-state index >= 15 is 0 Å². The summed E-state index contributed by atoms with van der Waals surface area (Å²) in [4.78, 5) is 33.0. The first-order valence-corrected chi connectivity index (χ1v) is 19.2. The molecule has 2 aromatic heterocycles. The van der Waals surface area contributed by atoms with E-state index in [0.29, 0.717) is 18.2 Å². The molecule has 1 amide bonds. The van der Waals surface area contributed by atoms with Crippen LogP contribution < -0.4 is 14.4 Å². The quantitative estimate of drug-likeness (QED) is 0.223. The largest absolute Gasteiger partial charge is 0.475 e. The fourth-order valence-corrected chi connectivity index (χ4v) is 8.37. The summed E-state index contributed by atoms with van der Waals surface area (Å²) in [5.41, 5.74) is 4.29. The van der Waals surface area contributed by atoms with Crippen molar-refractivity contribution in [1.29, 1.82) is 0 Å².